The number of halogens is 2. The molecule has 1 aromatic heterocycles. The lowest BCUT2D eigenvalue weighted by Gasteiger charge is -2.13. The van der Waals surface area contributed by atoms with E-state index in [0.29, 0.717) is 23.0 Å². The van der Waals surface area contributed by atoms with Crippen LogP contribution in [0.5, 0.6) is 0 Å². The number of benzene rings is 2. The molecule has 0 aliphatic carbocycles. The van der Waals surface area contributed by atoms with Gasteiger partial charge in [-0.05, 0) is 41.3 Å². The second-order valence-electron chi connectivity index (χ2n) is 6.45. The van der Waals surface area contributed by atoms with Crippen LogP contribution in [0.4, 0.5) is 5.13 Å². The number of nitrogens with one attached hydrogen (secondary N) is 1. The van der Waals surface area contributed by atoms with Gasteiger partial charge in [-0.1, -0.05) is 58.8 Å². The molecule has 0 saturated carbocycles. The van der Waals surface area contributed by atoms with Gasteiger partial charge in [0.05, 0.1) is 11.3 Å². The molecule has 3 aromatic rings. The summed E-state index contributed by atoms with van der Waals surface area (Å²) in [6, 6.07) is 13.0. The van der Waals surface area contributed by atoms with Gasteiger partial charge in [0, 0.05) is 28.8 Å². The van der Waals surface area contributed by atoms with Gasteiger partial charge in [0.1, 0.15) is 0 Å². The summed E-state index contributed by atoms with van der Waals surface area (Å²) in [6.45, 7) is 0.563. The van der Waals surface area contributed by atoms with Crippen molar-refractivity contribution in [2.75, 3.05) is 11.9 Å². The number of carbonyl (C=O) groups excluding carboxylic acids is 1. The Morgan fingerprint density at radius 2 is 2.04 bits per heavy atom. The van der Waals surface area contributed by atoms with Crippen molar-refractivity contribution in [2.45, 2.75) is 18.9 Å². The standard InChI is InChI=1S/C20H20Cl2N4OS/c21-15-5-4-13(17(22)9-15)8-16(23)10-25-20-26-11-18(28-20)14-3-1-2-12(6-14)7-19(24)27/h1-6,9,11,16H,7-8,10,23H2,(H2,24,27)(H,25,26)/t16-/m0/s1. The third kappa shape index (κ3) is 5.69. The van der Waals surface area contributed by atoms with Crippen molar-refractivity contribution < 1.29 is 4.79 Å². The zero-order valence-corrected chi connectivity index (χ0v) is 17.3. The number of anilines is 1. The van der Waals surface area contributed by atoms with Gasteiger partial charge in [0.25, 0.3) is 0 Å². The summed E-state index contributed by atoms with van der Waals surface area (Å²) in [7, 11) is 0. The molecule has 0 radical (unpaired) electrons. The number of hydrogen-bond acceptors (Lipinski definition) is 5. The summed E-state index contributed by atoms with van der Waals surface area (Å²) in [5.41, 5.74) is 14.3. The van der Waals surface area contributed by atoms with Gasteiger partial charge in [-0.2, -0.15) is 0 Å². The Hall–Kier alpha value is -2.12. The van der Waals surface area contributed by atoms with Crippen LogP contribution in [-0.4, -0.2) is 23.5 Å². The quantitative estimate of drug-likeness (QED) is 0.496. The largest absolute Gasteiger partial charge is 0.369 e. The fourth-order valence-corrected chi connectivity index (χ4v) is 4.09. The van der Waals surface area contributed by atoms with E-state index in [1.54, 1.807) is 12.3 Å². The molecule has 0 spiro atoms. The SMILES string of the molecule is NC(=O)Cc1cccc(-c2cnc(NC[C@@H](N)Cc3ccc(Cl)cc3Cl)s2)c1. The highest BCUT2D eigenvalue weighted by molar-refractivity contribution is 7.18. The fourth-order valence-electron chi connectivity index (χ4n) is 2.79. The second-order valence-corrected chi connectivity index (χ2v) is 8.33. The number of thiazole rings is 1. The van der Waals surface area contributed by atoms with E-state index in [4.69, 9.17) is 34.7 Å². The van der Waals surface area contributed by atoms with Crippen LogP contribution in [0.15, 0.2) is 48.7 Å². The van der Waals surface area contributed by atoms with Crippen LogP contribution in [-0.2, 0) is 17.6 Å². The number of nitrogens with zero attached hydrogens (tertiary/aromatic N) is 1. The summed E-state index contributed by atoms with van der Waals surface area (Å²) < 4.78 is 0. The van der Waals surface area contributed by atoms with Crippen LogP contribution in [0.2, 0.25) is 10.0 Å². The molecular weight excluding hydrogens is 415 g/mol. The number of rotatable bonds is 8. The molecule has 2 aromatic carbocycles. The molecule has 0 aliphatic rings. The maximum absolute atomic E-state index is 11.1. The molecule has 5 N–H and O–H groups in total. The van der Waals surface area contributed by atoms with Crippen LogP contribution in [0.25, 0.3) is 10.4 Å². The monoisotopic (exact) mass is 434 g/mol. The zero-order valence-electron chi connectivity index (χ0n) is 15.0. The lowest BCUT2D eigenvalue weighted by Crippen LogP contribution is -2.31. The zero-order chi connectivity index (χ0) is 20.1. The number of aromatic nitrogens is 1. The lowest BCUT2D eigenvalue weighted by molar-refractivity contribution is -0.117. The van der Waals surface area contributed by atoms with Crippen molar-refractivity contribution in [3.8, 4) is 10.4 Å². The molecule has 5 nitrogen and oxygen atoms in total. The predicted octanol–water partition coefficient (Wildman–Crippen LogP) is 4.13. The first kappa shape index (κ1) is 20.6. The molecule has 3 rings (SSSR count). The van der Waals surface area contributed by atoms with Crippen molar-refractivity contribution in [1.82, 2.24) is 4.98 Å². The minimum Gasteiger partial charge on any atom is -0.369 e. The van der Waals surface area contributed by atoms with Crippen LogP contribution >= 0.6 is 34.5 Å². The highest BCUT2D eigenvalue weighted by Crippen LogP contribution is 2.29. The maximum atomic E-state index is 11.1. The van der Waals surface area contributed by atoms with Crippen molar-refractivity contribution >= 4 is 45.6 Å². The number of carbonyl (C=O) groups is 1. The molecule has 1 amide bonds. The number of nitrogens with two attached hydrogens (primary N) is 2. The topological polar surface area (TPSA) is 94.0 Å². The molecule has 0 aliphatic heterocycles. The molecule has 0 saturated heterocycles. The van der Waals surface area contributed by atoms with Gasteiger partial charge < -0.3 is 16.8 Å². The van der Waals surface area contributed by atoms with Crippen molar-refractivity contribution in [2.24, 2.45) is 11.5 Å². The minimum atomic E-state index is -0.349. The van der Waals surface area contributed by atoms with E-state index in [0.717, 1.165) is 26.7 Å². The van der Waals surface area contributed by atoms with E-state index < -0.39 is 0 Å². The van der Waals surface area contributed by atoms with Crippen LogP contribution in [0.1, 0.15) is 11.1 Å². The van der Waals surface area contributed by atoms with Crippen molar-refractivity contribution in [1.29, 1.82) is 0 Å². The minimum absolute atomic E-state index is 0.120. The Balaban J connectivity index is 1.59. The Morgan fingerprint density at radius 1 is 1.21 bits per heavy atom. The van der Waals surface area contributed by atoms with E-state index >= 15 is 0 Å². The first-order chi connectivity index (χ1) is 13.4. The van der Waals surface area contributed by atoms with Gasteiger partial charge in [-0.15, -0.1) is 0 Å². The van der Waals surface area contributed by atoms with Gasteiger partial charge in [0.2, 0.25) is 5.91 Å². The third-order valence-corrected chi connectivity index (χ3v) is 5.70. The molecule has 0 unspecified atom stereocenters. The number of hydrogen-bond donors (Lipinski definition) is 3. The fraction of sp³-hybridized carbons (Fsp3) is 0.200. The Bertz CT molecular complexity index is 976. The predicted molar refractivity (Wildman–Crippen MR) is 117 cm³/mol. The van der Waals surface area contributed by atoms with Gasteiger partial charge in [-0.3, -0.25) is 4.79 Å². The van der Waals surface area contributed by atoms with Gasteiger partial charge >= 0.3 is 0 Å². The van der Waals surface area contributed by atoms with E-state index in [9.17, 15) is 4.79 Å². The second kappa shape index (κ2) is 9.39. The highest BCUT2D eigenvalue weighted by atomic mass is 35.5. The summed E-state index contributed by atoms with van der Waals surface area (Å²) in [5, 5.41) is 5.28. The molecule has 146 valence electrons. The first-order valence-corrected chi connectivity index (χ1v) is 10.2. The van der Waals surface area contributed by atoms with Gasteiger partial charge in [0.15, 0.2) is 5.13 Å². The number of amides is 1. The maximum Gasteiger partial charge on any atom is 0.221 e. The normalized spacial score (nSPS) is 12.0. The van der Waals surface area contributed by atoms with E-state index in [-0.39, 0.29) is 18.4 Å². The van der Waals surface area contributed by atoms with E-state index in [1.807, 2.05) is 36.4 Å². The third-order valence-electron chi connectivity index (χ3n) is 4.11. The molecule has 0 bridgehead atoms. The molecule has 28 heavy (non-hydrogen) atoms. The van der Waals surface area contributed by atoms with E-state index in [1.165, 1.54) is 11.3 Å². The van der Waals surface area contributed by atoms with Crippen LogP contribution < -0.4 is 16.8 Å². The number of primary amides is 1. The Kier molecular flexibility index (Phi) is 6.91. The van der Waals surface area contributed by atoms with Crippen molar-refractivity contribution in [3.63, 3.8) is 0 Å². The Morgan fingerprint density at radius 3 is 2.79 bits per heavy atom. The van der Waals surface area contributed by atoms with E-state index in [2.05, 4.69) is 10.3 Å². The molecular formula is C20H20Cl2N4OS. The lowest BCUT2D eigenvalue weighted by atomic mass is 10.1. The average Bonchev–Trinajstić information content (AvgIpc) is 3.11. The Labute approximate surface area is 177 Å². The van der Waals surface area contributed by atoms with Crippen LogP contribution in [0.3, 0.4) is 0 Å². The molecule has 1 atom stereocenters. The first-order valence-electron chi connectivity index (χ1n) is 8.67. The summed E-state index contributed by atoms with van der Waals surface area (Å²) in [5.74, 6) is -0.349. The molecule has 8 heteroatoms. The molecule has 0 fully saturated rings. The summed E-state index contributed by atoms with van der Waals surface area (Å²) >= 11 is 13.7. The molecule has 1 heterocycles. The van der Waals surface area contributed by atoms with Gasteiger partial charge in [-0.25, -0.2) is 4.98 Å². The van der Waals surface area contributed by atoms with Crippen LogP contribution in [0, 0.1) is 0 Å². The average molecular weight is 435 g/mol. The summed E-state index contributed by atoms with van der Waals surface area (Å²) in [6.07, 6.45) is 2.66. The van der Waals surface area contributed by atoms with Crippen molar-refractivity contribution in [3.05, 3.63) is 69.8 Å². The smallest absolute Gasteiger partial charge is 0.221 e. The summed E-state index contributed by atoms with van der Waals surface area (Å²) in [4.78, 5) is 16.5. The highest BCUT2D eigenvalue weighted by Gasteiger charge is 2.10.